The fourth-order valence-corrected chi connectivity index (χ4v) is 3.42. The summed E-state index contributed by atoms with van der Waals surface area (Å²) in [6.45, 7) is 0.398. The highest BCUT2D eigenvalue weighted by atomic mass is 16.5. The van der Waals surface area contributed by atoms with E-state index in [2.05, 4.69) is 22.2 Å². The van der Waals surface area contributed by atoms with Crippen LogP contribution in [0.2, 0.25) is 0 Å². The van der Waals surface area contributed by atoms with E-state index >= 15 is 0 Å². The van der Waals surface area contributed by atoms with Gasteiger partial charge in [-0.05, 0) is 23.8 Å². The lowest BCUT2D eigenvalue weighted by molar-refractivity contribution is 0.198. The molecule has 0 radical (unpaired) electrons. The zero-order valence-corrected chi connectivity index (χ0v) is 15.7. The molecule has 1 unspecified atom stereocenters. The molecule has 0 fully saturated rings. The molecule has 5 rings (SSSR count). The van der Waals surface area contributed by atoms with E-state index in [9.17, 15) is 0 Å². The van der Waals surface area contributed by atoms with Crippen molar-refractivity contribution in [1.29, 1.82) is 0 Å². The summed E-state index contributed by atoms with van der Waals surface area (Å²) in [6, 6.07) is 23.7. The van der Waals surface area contributed by atoms with Crippen molar-refractivity contribution in [3.05, 3.63) is 84.6 Å². The summed E-state index contributed by atoms with van der Waals surface area (Å²) in [5.74, 6) is 1.21. The van der Waals surface area contributed by atoms with Crippen LogP contribution in [0.3, 0.4) is 0 Å². The molecule has 2 aromatic carbocycles. The van der Waals surface area contributed by atoms with Crippen LogP contribution in [0, 0.1) is 0 Å². The Hall–Kier alpha value is -3.64. The summed E-state index contributed by atoms with van der Waals surface area (Å²) in [5, 5.41) is 5.67. The predicted molar refractivity (Wildman–Crippen MR) is 112 cm³/mol. The second-order valence-electron chi connectivity index (χ2n) is 6.90. The number of aromatic nitrogens is 3. The Morgan fingerprint density at radius 1 is 1.00 bits per heavy atom. The monoisotopic (exact) mass is 384 g/mol. The van der Waals surface area contributed by atoms with E-state index in [1.54, 1.807) is 10.7 Å². The van der Waals surface area contributed by atoms with Crippen molar-refractivity contribution in [1.82, 2.24) is 14.6 Å². The van der Waals surface area contributed by atoms with Gasteiger partial charge in [0, 0.05) is 24.4 Å². The van der Waals surface area contributed by atoms with Crippen molar-refractivity contribution in [2.45, 2.75) is 12.5 Å². The lowest BCUT2D eigenvalue weighted by atomic mass is 10.1. The Kier molecular flexibility index (Phi) is 4.46. The highest BCUT2D eigenvalue weighted by Crippen LogP contribution is 2.28. The van der Waals surface area contributed by atoms with Crippen LogP contribution in [-0.2, 0) is 6.42 Å². The first-order chi connectivity index (χ1) is 14.3. The van der Waals surface area contributed by atoms with Gasteiger partial charge in [-0.15, -0.1) is 5.10 Å². The maximum atomic E-state index is 6.08. The minimum absolute atomic E-state index is 0.166. The summed E-state index contributed by atoms with van der Waals surface area (Å²) in [5.41, 5.74) is 9.44. The van der Waals surface area contributed by atoms with Crippen molar-refractivity contribution in [3.8, 4) is 17.3 Å². The molecule has 0 bridgehead atoms. The number of rotatable bonds is 6. The van der Waals surface area contributed by atoms with Crippen LogP contribution in [0.5, 0.6) is 5.88 Å². The quantitative estimate of drug-likeness (QED) is 0.477. The van der Waals surface area contributed by atoms with E-state index in [0.717, 1.165) is 28.7 Å². The van der Waals surface area contributed by atoms with Gasteiger partial charge in [0.2, 0.25) is 5.88 Å². The summed E-state index contributed by atoms with van der Waals surface area (Å²) in [6.07, 6.45) is 2.31. The minimum atomic E-state index is -0.166. The Balaban J connectivity index is 1.45. The van der Waals surface area contributed by atoms with Crippen molar-refractivity contribution < 1.29 is 9.15 Å². The third-order valence-corrected chi connectivity index (χ3v) is 4.87. The van der Waals surface area contributed by atoms with Crippen LogP contribution >= 0.6 is 0 Å². The molecule has 3 aromatic heterocycles. The largest absolute Gasteiger partial charge is 0.472 e. The molecule has 6 nitrogen and oxygen atoms in total. The zero-order valence-electron chi connectivity index (χ0n) is 15.7. The third kappa shape index (κ3) is 3.46. The second kappa shape index (κ2) is 7.41. The summed E-state index contributed by atoms with van der Waals surface area (Å²) < 4.78 is 13.8. The third-order valence-electron chi connectivity index (χ3n) is 4.87. The van der Waals surface area contributed by atoms with E-state index < -0.39 is 0 Å². The van der Waals surface area contributed by atoms with Gasteiger partial charge in [0.05, 0.1) is 6.20 Å². The number of fused-ring (bicyclic) bond motifs is 2. The highest BCUT2D eigenvalue weighted by molar-refractivity contribution is 5.82. The van der Waals surface area contributed by atoms with Gasteiger partial charge in [-0.25, -0.2) is 9.50 Å². The average Bonchev–Trinajstić information content (AvgIpc) is 3.37. The van der Waals surface area contributed by atoms with Gasteiger partial charge in [0.15, 0.2) is 11.4 Å². The predicted octanol–water partition coefficient (Wildman–Crippen LogP) is 4.09. The Labute approximate surface area is 167 Å². The van der Waals surface area contributed by atoms with E-state index in [-0.39, 0.29) is 6.10 Å². The summed E-state index contributed by atoms with van der Waals surface area (Å²) >= 11 is 0. The topological polar surface area (TPSA) is 78.6 Å². The molecule has 5 aromatic rings. The maximum absolute atomic E-state index is 6.08. The van der Waals surface area contributed by atoms with Crippen LogP contribution in [0.25, 0.3) is 28.1 Å². The molecular formula is C23H20N4O2. The van der Waals surface area contributed by atoms with E-state index in [0.29, 0.717) is 18.2 Å². The van der Waals surface area contributed by atoms with Gasteiger partial charge in [-0.2, -0.15) is 0 Å². The summed E-state index contributed by atoms with van der Waals surface area (Å²) in [7, 11) is 0. The molecule has 0 aliphatic rings. The number of para-hydroxylation sites is 1. The van der Waals surface area contributed by atoms with Crippen molar-refractivity contribution in [3.63, 3.8) is 0 Å². The maximum Gasteiger partial charge on any atom is 0.232 e. The molecule has 0 saturated heterocycles. The van der Waals surface area contributed by atoms with Gasteiger partial charge >= 0.3 is 0 Å². The van der Waals surface area contributed by atoms with Crippen molar-refractivity contribution >= 4 is 16.6 Å². The van der Waals surface area contributed by atoms with E-state index in [1.165, 1.54) is 5.56 Å². The SMILES string of the molecule is NCC(Cc1ccccc1)Oc1ccc2ncc(-c3cc4ccccc4o3)n2n1. The van der Waals surface area contributed by atoms with Crippen LogP contribution in [0.4, 0.5) is 0 Å². The fourth-order valence-electron chi connectivity index (χ4n) is 3.42. The number of nitrogens with zero attached hydrogens (tertiary/aromatic N) is 3. The van der Waals surface area contributed by atoms with Gasteiger partial charge in [0.25, 0.3) is 0 Å². The first-order valence-electron chi connectivity index (χ1n) is 9.54. The lowest BCUT2D eigenvalue weighted by Gasteiger charge is -2.16. The van der Waals surface area contributed by atoms with Gasteiger partial charge in [-0.1, -0.05) is 48.5 Å². The van der Waals surface area contributed by atoms with Gasteiger partial charge < -0.3 is 14.9 Å². The Bertz CT molecular complexity index is 1230. The van der Waals surface area contributed by atoms with Gasteiger partial charge in [-0.3, -0.25) is 0 Å². The molecular weight excluding hydrogens is 364 g/mol. The number of benzene rings is 2. The number of furan rings is 1. The first kappa shape index (κ1) is 17.5. The number of hydrogen-bond donors (Lipinski definition) is 1. The van der Waals surface area contributed by atoms with E-state index in [4.69, 9.17) is 14.9 Å². The molecule has 144 valence electrons. The molecule has 29 heavy (non-hydrogen) atoms. The minimum Gasteiger partial charge on any atom is -0.472 e. The first-order valence-corrected chi connectivity index (χ1v) is 9.54. The van der Waals surface area contributed by atoms with Crippen LogP contribution in [-0.4, -0.2) is 27.2 Å². The normalized spacial score (nSPS) is 12.4. The number of hydrogen-bond acceptors (Lipinski definition) is 5. The van der Waals surface area contributed by atoms with E-state index in [1.807, 2.05) is 60.7 Å². The molecule has 0 aliphatic heterocycles. The standard InChI is InChI=1S/C23H20N4O2/c24-14-18(12-16-6-2-1-3-7-16)28-23-11-10-22-25-15-19(27(22)26-23)21-13-17-8-4-5-9-20(17)29-21/h1-11,13,15,18H,12,14,24H2. The number of imidazole rings is 1. The molecule has 0 saturated carbocycles. The molecule has 3 heterocycles. The summed E-state index contributed by atoms with van der Waals surface area (Å²) in [4.78, 5) is 4.43. The highest BCUT2D eigenvalue weighted by Gasteiger charge is 2.15. The molecule has 0 spiro atoms. The van der Waals surface area contributed by atoms with Crippen LogP contribution < -0.4 is 10.5 Å². The second-order valence-corrected chi connectivity index (χ2v) is 6.90. The molecule has 2 N–H and O–H groups in total. The molecule has 1 atom stereocenters. The van der Waals surface area contributed by atoms with Crippen LogP contribution in [0.15, 0.2) is 83.4 Å². The molecule has 6 heteroatoms. The Morgan fingerprint density at radius 3 is 2.66 bits per heavy atom. The van der Waals surface area contributed by atoms with Gasteiger partial charge in [0.1, 0.15) is 17.4 Å². The fraction of sp³-hybridized carbons (Fsp3) is 0.130. The molecule has 0 aliphatic carbocycles. The molecule has 0 amide bonds. The zero-order chi connectivity index (χ0) is 19.6. The number of nitrogens with two attached hydrogens (primary N) is 1. The average molecular weight is 384 g/mol. The van der Waals surface area contributed by atoms with Crippen LogP contribution in [0.1, 0.15) is 5.56 Å². The van der Waals surface area contributed by atoms with Crippen molar-refractivity contribution in [2.24, 2.45) is 5.73 Å². The van der Waals surface area contributed by atoms with Crippen molar-refractivity contribution in [2.75, 3.05) is 6.54 Å². The number of ether oxygens (including phenoxy) is 1. The Morgan fingerprint density at radius 2 is 1.83 bits per heavy atom. The smallest absolute Gasteiger partial charge is 0.232 e. The lowest BCUT2D eigenvalue weighted by Crippen LogP contribution is -2.29.